The molecule has 0 bridgehead atoms. The van der Waals surface area contributed by atoms with Gasteiger partial charge in [0, 0.05) is 50.2 Å². The van der Waals surface area contributed by atoms with Gasteiger partial charge in [-0.15, -0.1) is 0 Å². The van der Waals surface area contributed by atoms with Crippen molar-refractivity contribution in [2.45, 2.75) is 6.54 Å². The third-order valence-electron chi connectivity index (χ3n) is 5.11. The quantitative estimate of drug-likeness (QED) is 0.383. The van der Waals surface area contributed by atoms with Crippen molar-refractivity contribution in [2.24, 2.45) is 0 Å². The number of non-ortho nitro benzene ring substituents is 1. The zero-order valence-corrected chi connectivity index (χ0v) is 16.7. The lowest BCUT2D eigenvalue weighted by Crippen LogP contribution is -2.50. The van der Waals surface area contributed by atoms with E-state index in [1.165, 1.54) is 16.7 Å². The third-order valence-corrected chi connectivity index (χ3v) is 5.43. The van der Waals surface area contributed by atoms with E-state index in [1.54, 1.807) is 35.4 Å². The van der Waals surface area contributed by atoms with Crippen LogP contribution in [0.1, 0.15) is 0 Å². The minimum absolute atomic E-state index is 0.0418. The zero-order chi connectivity index (χ0) is 21.3. The molecule has 0 unspecified atom stereocenters. The van der Waals surface area contributed by atoms with E-state index in [4.69, 9.17) is 12.2 Å². The van der Waals surface area contributed by atoms with E-state index in [0.29, 0.717) is 37.2 Å². The number of nitro groups is 1. The number of carbonyl (C=O) groups is 1. The second-order valence-electron chi connectivity index (χ2n) is 6.86. The van der Waals surface area contributed by atoms with Gasteiger partial charge in [-0.05, 0) is 36.5 Å². The van der Waals surface area contributed by atoms with Gasteiger partial charge in [0.15, 0.2) is 4.77 Å². The Balaban J connectivity index is 1.44. The van der Waals surface area contributed by atoms with Crippen LogP contribution in [0.2, 0.25) is 0 Å². The molecule has 0 radical (unpaired) electrons. The first-order chi connectivity index (χ1) is 14.4. The maximum absolute atomic E-state index is 12.8. The number of H-pyrrole nitrogens is 1. The lowest BCUT2D eigenvalue weighted by Gasteiger charge is -2.36. The lowest BCUT2D eigenvalue weighted by atomic mass is 10.2. The van der Waals surface area contributed by atoms with E-state index < -0.39 is 4.92 Å². The van der Waals surface area contributed by atoms with Gasteiger partial charge in [-0.1, -0.05) is 0 Å². The molecule has 1 saturated heterocycles. The summed E-state index contributed by atoms with van der Waals surface area (Å²) in [6.45, 7) is 2.00. The molecule has 10 nitrogen and oxygen atoms in total. The number of carbonyl (C=O) groups excluding carboxylic acids is 1. The van der Waals surface area contributed by atoms with E-state index in [0.717, 1.165) is 5.69 Å². The van der Waals surface area contributed by atoms with Crippen molar-refractivity contribution in [3.05, 3.63) is 67.8 Å². The number of aromatic amines is 1. The Labute approximate surface area is 175 Å². The number of piperazine rings is 1. The molecule has 2 aromatic heterocycles. The topological polar surface area (TPSA) is 117 Å². The number of pyridine rings is 1. The first-order valence-corrected chi connectivity index (χ1v) is 9.70. The number of nitrogens with zero attached hydrogens (tertiary/aromatic N) is 5. The average molecular weight is 426 g/mol. The molecule has 1 N–H and O–H groups in total. The van der Waals surface area contributed by atoms with Crippen molar-refractivity contribution < 1.29 is 9.72 Å². The molecule has 0 atom stereocenters. The van der Waals surface area contributed by atoms with Crippen molar-refractivity contribution in [1.29, 1.82) is 0 Å². The number of nitro benzene ring substituents is 1. The van der Waals surface area contributed by atoms with Crippen LogP contribution < -0.4 is 10.5 Å². The molecule has 1 aliphatic heterocycles. The number of hydrogen-bond donors (Lipinski definition) is 1. The summed E-state index contributed by atoms with van der Waals surface area (Å²) in [5.74, 6) is -0.191. The van der Waals surface area contributed by atoms with Crippen LogP contribution in [-0.4, -0.2) is 56.4 Å². The predicted molar refractivity (Wildman–Crippen MR) is 113 cm³/mol. The fraction of sp³-hybridized carbons (Fsp3) is 0.263. The Kier molecular flexibility index (Phi) is 5.27. The summed E-state index contributed by atoms with van der Waals surface area (Å²) in [6, 6.07) is 9.64. The summed E-state index contributed by atoms with van der Waals surface area (Å²) < 4.78 is 1.41. The van der Waals surface area contributed by atoms with Gasteiger partial charge in [-0.2, -0.15) is 0 Å². The van der Waals surface area contributed by atoms with Crippen LogP contribution in [0, 0.1) is 14.9 Å². The standard InChI is InChI=1S/C19H18N6O4S/c26-16(12-24-18(27)15-2-1-7-20-17(15)21-19(24)30)23-10-8-22(9-11-23)13-3-5-14(6-4-13)25(28)29/h1-7H,8-12H2,(H,20,21,30). The van der Waals surface area contributed by atoms with Crippen molar-refractivity contribution in [3.8, 4) is 0 Å². The Hall–Kier alpha value is -3.60. The predicted octanol–water partition coefficient (Wildman–Crippen LogP) is 1.71. The molecule has 3 aromatic rings. The molecule has 0 saturated carbocycles. The Bertz CT molecular complexity index is 1230. The highest BCUT2D eigenvalue weighted by Crippen LogP contribution is 2.20. The number of rotatable bonds is 4. The van der Waals surface area contributed by atoms with Crippen molar-refractivity contribution in [3.63, 3.8) is 0 Å². The van der Waals surface area contributed by atoms with Crippen LogP contribution in [0.15, 0.2) is 47.4 Å². The van der Waals surface area contributed by atoms with Crippen molar-refractivity contribution in [1.82, 2.24) is 19.4 Å². The molecule has 11 heteroatoms. The van der Waals surface area contributed by atoms with Crippen molar-refractivity contribution in [2.75, 3.05) is 31.1 Å². The largest absolute Gasteiger partial charge is 0.368 e. The number of benzene rings is 1. The Morgan fingerprint density at radius 2 is 1.87 bits per heavy atom. The molecule has 1 fully saturated rings. The highest BCUT2D eigenvalue weighted by atomic mass is 32.1. The second kappa shape index (κ2) is 8.03. The number of fused-ring (bicyclic) bond motifs is 1. The van der Waals surface area contributed by atoms with E-state index in [1.807, 2.05) is 0 Å². The van der Waals surface area contributed by atoms with Gasteiger partial charge >= 0.3 is 0 Å². The number of aromatic nitrogens is 3. The highest BCUT2D eigenvalue weighted by Gasteiger charge is 2.22. The van der Waals surface area contributed by atoms with Crippen LogP contribution in [0.4, 0.5) is 11.4 Å². The van der Waals surface area contributed by atoms with E-state index >= 15 is 0 Å². The Morgan fingerprint density at radius 1 is 1.17 bits per heavy atom. The smallest absolute Gasteiger partial charge is 0.269 e. The molecule has 0 aliphatic carbocycles. The third kappa shape index (κ3) is 3.79. The summed E-state index contributed by atoms with van der Waals surface area (Å²) in [7, 11) is 0. The van der Waals surface area contributed by atoms with Gasteiger partial charge in [-0.25, -0.2) is 4.98 Å². The van der Waals surface area contributed by atoms with Crippen LogP contribution >= 0.6 is 12.2 Å². The molecule has 1 aromatic carbocycles. The molecular formula is C19H18N6O4S. The van der Waals surface area contributed by atoms with E-state index in [2.05, 4.69) is 14.9 Å². The summed E-state index contributed by atoms with van der Waals surface area (Å²) in [5, 5.41) is 11.2. The van der Waals surface area contributed by atoms with E-state index in [-0.39, 0.29) is 28.5 Å². The maximum Gasteiger partial charge on any atom is 0.269 e. The number of anilines is 1. The summed E-state index contributed by atoms with van der Waals surface area (Å²) in [5.41, 5.74) is 0.959. The SMILES string of the molecule is O=C(Cn1c(=S)[nH]c2ncccc2c1=O)N1CCN(c2ccc([N+](=O)[O-])cc2)CC1. The molecule has 0 spiro atoms. The average Bonchev–Trinajstić information content (AvgIpc) is 2.76. The van der Waals surface area contributed by atoms with Gasteiger partial charge in [0.2, 0.25) is 5.91 Å². The summed E-state index contributed by atoms with van der Waals surface area (Å²) >= 11 is 5.24. The molecule has 3 heterocycles. The molecule has 1 aliphatic rings. The van der Waals surface area contributed by atoms with Crippen LogP contribution in [0.3, 0.4) is 0 Å². The second-order valence-corrected chi connectivity index (χ2v) is 7.25. The van der Waals surface area contributed by atoms with E-state index in [9.17, 15) is 19.7 Å². The van der Waals surface area contributed by atoms with Crippen molar-refractivity contribution >= 4 is 40.5 Å². The fourth-order valence-corrected chi connectivity index (χ4v) is 3.71. The van der Waals surface area contributed by atoms with Crippen LogP contribution in [0.25, 0.3) is 11.0 Å². The Morgan fingerprint density at radius 3 is 2.53 bits per heavy atom. The molecule has 30 heavy (non-hydrogen) atoms. The zero-order valence-electron chi connectivity index (χ0n) is 15.9. The molecule has 1 amide bonds. The number of amides is 1. The lowest BCUT2D eigenvalue weighted by molar-refractivity contribution is -0.384. The first-order valence-electron chi connectivity index (χ1n) is 9.29. The molecular weight excluding hydrogens is 408 g/mol. The van der Waals surface area contributed by atoms with Crippen LogP contribution in [-0.2, 0) is 11.3 Å². The normalized spacial score (nSPS) is 14.1. The molecule has 4 rings (SSSR count). The molecule has 154 valence electrons. The number of nitrogens with one attached hydrogen (secondary N) is 1. The van der Waals surface area contributed by atoms with Gasteiger partial charge in [-0.3, -0.25) is 24.3 Å². The highest BCUT2D eigenvalue weighted by molar-refractivity contribution is 7.71. The fourth-order valence-electron chi connectivity index (χ4n) is 3.46. The van der Waals surface area contributed by atoms with Crippen LogP contribution in [0.5, 0.6) is 0 Å². The summed E-state index contributed by atoms with van der Waals surface area (Å²) in [4.78, 5) is 46.5. The summed E-state index contributed by atoms with van der Waals surface area (Å²) in [6.07, 6.45) is 1.56. The number of hydrogen-bond acceptors (Lipinski definition) is 7. The minimum atomic E-state index is -0.435. The van der Waals surface area contributed by atoms with Gasteiger partial charge in [0.05, 0.1) is 10.3 Å². The monoisotopic (exact) mass is 426 g/mol. The first kappa shape index (κ1) is 19.7. The van der Waals surface area contributed by atoms with Gasteiger partial charge in [0.1, 0.15) is 12.2 Å². The minimum Gasteiger partial charge on any atom is -0.368 e. The van der Waals surface area contributed by atoms with Gasteiger partial charge in [0.25, 0.3) is 11.2 Å². The maximum atomic E-state index is 12.8. The van der Waals surface area contributed by atoms with Gasteiger partial charge < -0.3 is 14.8 Å².